The van der Waals surface area contributed by atoms with Crippen molar-refractivity contribution in [2.24, 2.45) is 0 Å². The highest BCUT2D eigenvalue weighted by atomic mass is 32.2. The number of carbonyl (C=O) groups excluding carboxylic acids is 2. The lowest BCUT2D eigenvalue weighted by Gasteiger charge is -2.24. The fraction of sp³-hybridized carbons (Fsp3) is 0.300. The Morgan fingerprint density at radius 2 is 2.07 bits per heavy atom. The van der Waals surface area contributed by atoms with Gasteiger partial charge in [0.2, 0.25) is 15.9 Å². The molecule has 10 heteroatoms. The van der Waals surface area contributed by atoms with Gasteiger partial charge in [0, 0.05) is 12.2 Å². The molecule has 2 heterocycles. The van der Waals surface area contributed by atoms with Crippen molar-refractivity contribution in [3.05, 3.63) is 47.8 Å². The van der Waals surface area contributed by atoms with E-state index in [2.05, 4.69) is 10.6 Å². The van der Waals surface area contributed by atoms with Crippen molar-refractivity contribution in [3.63, 3.8) is 0 Å². The molecule has 0 aliphatic carbocycles. The third-order valence-corrected chi connectivity index (χ3v) is 7.04. The number of carbonyl (C=O) groups is 2. The van der Waals surface area contributed by atoms with Crippen LogP contribution in [0.1, 0.15) is 18.4 Å². The summed E-state index contributed by atoms with van der Waals surface area (Å²) in [6.07, 6.45) is 0.870. The molecule has 0 aromatic heterocycles. The van der Waals surface area contributed by atoms with Crippen LogP contribution in [0.4, 0.5) is 15.8 Å². The van der Waals surface area contributed by atoms with E-state index in [1.165, 1.54) is 30.3 Å². The number of rotatable bonds is 4. The first-order valence-corrected chi connectivity index (χ1v) is 10.9. The van der Waals surface area contributed by atoms with Gasteiger partial charge in [0.15, 0.2) is 6.61 Å². The van der Waals surface area contributed by atoms with Crippen LogP contribution in [0.5, 0.6) is 5.75 Å². The van der Waals surface area contributed by atoms with Gasteiger partial charge in [-0.15, -0.1) is 0 Å². The molecular formula is C20H20FN3O5S. The Bertz CT molecular complexity index is 1140. The molecule has 4 rings (SSSR count). The van der Waals surface area contributed by atoms with E-state index in [-0.39, 0.29) is 35.3 Å². The fourth-order valence-corrected chi connectivity index (χ4v) is 5.23. The van der Waals surface area contributed by atoms with Crippen molar-refractivity contribution in [2.75, 3.05) is 23.8 Å². The number of amides is 2. The quantitative estimate of drug-likeness (QED) is 0.770. The first-order chi connectivity index (χ1) is 14.3. The third kappa shape index (κ3) is 3.75. The molecular weight excluding hydrogens is 413 g/mol. The van der Waals surface area contributed by atoms with Gasteiger partial charge < -0.3 is 15.4 Å². The minimum absolute atomic E-state index is 0.0480. The van der Waals surface area contributed by atoms with Crippen molar-refractivity contribution in [3.8, 4) is 5.75 Å². The number of aryl methyl sites for hydroxylation is 1. The summed E-state index contributed by atoms with van der Waals surface area (Å²) in [5, 5.41) is 5.18. The van der Waals surface area contributed by atoms with Crippen LogP contribution in [0.2, 0.25) is 0 Å². The Balaban J connectivity index is 1.57. The second-order valence-electron chi connectivity index (χ2n) is 7.22. The van der Waals surface area contributed by atoms with Crippen molar-refractivity contribution >= 4 is 33.2 Å². The lowest BCUT2D eigenvalue weighted by molar-refractivity contribution is -0.119. The maximum absolute atomic E-state index is 13.8. The molecule has 1 saturated heterocycles. The maximum atomic E-state index is 13.8. The lowest BCUT2D eigenvalue weighted by Crippen LogP contribution is -2.43. The molecule has 2 aromatic rings. The zero-order chi connectivity index (χ0) is 21.5. The van der Waals surface area contributed by atoms with Crippen LogP contribution in [0.25, 0.3) is 0 Å². The molecule has 2 aliphatic heterocycles. The molecule has 0 unspecified atom stereocenters. The van der Waals surface area contributed by atoms with E-state index in [9.17, 15) is 22.4 Å². The Hall–Kier alpha value is -2.98. The summed E-state index contributed by atoms with van der Waals surface area (Å²) in [6, 6.07) is 7.57. The molecule has 30 heavy (non-hydrogen) atoms. The van der Waals surface area contributed by atoms with Gasteiger partial charge in [-0.25, -0.2) is 12.8 Å². The Labute approximate surface area is 173 Å². The minimum Gasteiger partial charge on any atom is -0.482 e. The largest absolute Gasteiger partial charge is 0.482 e. The van der Waals surface area contributed by atoms with E-state index in [0.717, 1.165) is 4.31 Å². The van der Waals surface area contributed by atoms with E-state index in [4.69, 9.17) is 4.74 Å². The van der Waals surface area contributed by atoms with Gasteiger partial charge in [0.05, 0.1) is 10.6 Å². The van der Waals surface area contributed by atoms with Gasteiger partial charge in [-0.3, -0.25) is 9.59 Å². The monoisotopic (exact) mass is 433 g/mol. The van der Waals surface area contributed by atoms with Gasteiger partial charge >= 0.3 is 0 Å². The van der Waals surface area contributed by atoms with Crippen LogP contribution in [0.15, 0.2) is 41.3 Å². The Morgan fingerprint density at radius 1 is 1.27 bits per heavy atom. The normalized spacial score (nSPS) is 19.0. The number of fused-ring (bicyclic) bond motifs is 1. The van der Waals surface area contributed by atoms with E-state index >= 15 is 0 Å². The van der Waals surface area contributed by atoms with Crippen LogP contribution in [0, 0.1) is 12.7 Å². The number of nitrogens with zero attached hydrogens (tertiary/aromatic N) is 1. The molecule has 1 fully saturated rings. The van der Waals surface area contributed by atoms with Crippen LogP contribution < -0.4 is 15.4 Å². The summed E-state index contributed by atoms with van der Waals surface area (Å²) in [5.41, 5.74) is 0.977. The highest BCUT2D eigenvalue weighted by molar-refractivity contribution is 7.89. The maximum Gasteiger partial charge on any atom is 0.262 e. The smallest absolute Gasteiger partial charge is 0.262 e. The second-order valence-corrected chi connectivity index (χ2v) is 9.11. The van der Waals surface area contributed by atoms with Crippen molar-refractivity contribution in [2.45, 2.75) is 30.7 Å². The second kappa shape index (κ2) is 7.69. The summed E-state index contributed by atoms with van der Waals surface area (Å²) in [5.74, 6) is -0.970. The molecule has 0 saturated carbocycles. The number of hydrogen-bond acceptors (Lipinski definition) is 5. The molecule has 1 atom stereocenters. The molecule has 0 bridgehead atoms. The molecule has 2 aliphatic rings. The fourth-order valence-electron chi connectivity index (χ4n) is 3.54. The summed E-state index contributed by atoms with van der Waals surface area (Å²) < 4.78 is 46.6. The topological polar surface area (TPSA) is 105 Å². The van der Waals surface area contributed by atoms with Crippen LogP contribution >= 0.6 is 0 Å². The van der Waals surface area contributed by atoms with Crippen molar-refractivity contribution < 1.29 is 27.1 Å². The average molecular weight is 433 g/mol. The number of nitrogens with one attached hydrogen (secondary N) is 2. The van der Waals surface area contributed by atoms with Gasteiger partial charge in [-0.2, -0.15) is 4.31 Å². The number of ether oxygens (including phenoxy) is 1. The predicted octanol–water partition coefficient (Wildman–Crippen LogP) is 2.26. The zero-order valence-corrected chi connectivity index (χ0v) is 17.0. The van der Waals surface area contributed by atoms with Gasteiger partial charge in [-0.1, -0.05) is 6.07 Å². The molecule has 158 valence electrons. The van der Waals surface area contributed by atoms with Crippen molar-refractivity contribution in [1.29, 1.82) is 0 Å². The van der Waals surface area contributed by atoms with E-state index in [1.54, 1.807) is 13.0 Å². The first-order valence-electron chi connectivity index (χ1n) is 9.41. The van der Waals surface area contributed by atoms with Gasteiger partial charge in [-0.05, 0) is 55.7 Å². The summed E-state index contributed by atoms with van der Waals surface area (Å²) in [4.78, 5) is 24.2. The number of benzene rings is 2. The number of halogens is 1. The molecule has 2 amide bonds. The van der Waals surface area contributed by atoms with Crippen molar-refractivity contribution in [1.82, 2.24) is 4.31 Å². The highest BCUT2D eigenvalue weighted by Crippen LogP contribution is 2.33. The van der Waals surface area contributed by atoms with E-state index < -0.39 is 27.8 Å². The van der Waals surface area contributed by atoms with Crippen LogP contribution in [-0.2, 0) is 19.6 Å². The first kappa shape index (κ1) is 20.3. The molecule has 2 aromatic carbocycles. The summed E-state index contributed by atoms with van der Waals surface area (Å²) in [7, 11) is -4.00. The van der Waals surface area contributed by atoms with Crippen LogP contribution in [0.3, 0.4) is 0 Å². The zero-order valence-electron chi connectivity index (χ0n) is 16.1. The Morgan fingerprint density at radius 3 is 2.83 bits per heavy atom. The molecule has 8 nitrogen and oxygen atoms in total. The molecule has 0 spiro atoms. The van der Waals surface area contributed by atoms with Gasteiger partial charge in [0.25, 0.3) is 5.91 Å². The minimum atomic E-state index is -4.00. The number of anilines is 2. The van der Waals surface area contributed by atoms with E-state index in [0.29, 0.717) is 24.2 Å². The predicted molar refractivity (Wildman–Crippen MR) is 107 cm³/mol. The number of sulfonamides is 1. The Kier molecular flexibility index (Phi) is 5.20. The van der Waals surface area contributed by atoms with Crippen LogP contribution in [-0.4, -0.2) is 43.7 Å². The summed E-state index contributed by atoms with van der Waals surface area (Å²) >= 11 is 0. The van der Waals surface area contributed by atoms with E-state index in [1.807, 2.05) is 0 Å². The lowest BCUT2D eigenvalue weighted by atomic mass is 10.2. The van der Waals surface area contributed by atoms with Gasteiger partial charge in [0.1, 0.15) is 17.6 Å². The number of hydrogen-bond donors (Lipinski definition) is 2. The molecule has 0 radical (unpaired) electrons. The summed E-state index contributed by atoms with van der Waals surface area (Å²) in [6.45, 7) is 1.66. The SMILES string of the molecule is Cc1ccc(NC(=O)[C@@H]2CCCN2S(=O)(=O)c2ccc3c(c2)NC(=O)CO3)cc1F. The average Bonchev–Trinajstić information content (AvgIpc) is 3.21. The third-order valence-electron chi connectivity index (χ3n) is 5.14. The molecule has 2 N–H and O–H groups in total. The standard InChI is InChI=1S/C20H20FN3O5S/c1-12-4-5-13(9-15(12)21)22-20(26)17-3-2-8-24(17)30(27,28)14-6-7-18-16(10-14)23-19(25)11-29-18/h4-7,9-10,17H,2-3,8,11H2,1H3,(H,22,26)(H,23,25)/t17-/m0/s1. The highest BCUT2D eigenvalue weighted by Gasteiger charge is 2.40.